The minimum atomic E-state index is -4.50. The van der Waals surface area contributed by atoms with E-state index in [0.29, 0.717) is 23.8 Å². The van der Waals surface area contributed by atoms with E-state index in [-0.39, 0.29) is 35.0 Å². The molecule has 0 spiro atoms. The van der Waals surface area contributed by atoms with Gasteiger partial charge in [-0.15, -0.1) is 0 Å². The Labute approximate surface area is 176 Å². The van der Waals surface area contributed by atoms with Gasteiger partial charge in [-0.3, -0.25) is 4.79 Å². The number of carbonyl (C=O) groups excluding carboxylic acids is 1. The molecule has 2 aromatic carbocycles. The largest absolute Gasteiger partial charge is 0.489 e. The Kier molecular flexibility index (Phi) is 8.05. The van der Waals surface area contributed by atoms with Crippen LogP contribution in [0, 0.1) is 0 Å². The lowest BCUT2D eigenvalue weighted by Gasteiger charge is -2.17. The number of halogens is 5. The average Bonchev–Trinajstić information content (AvgIpc) is 2.64. The summed E-state index contributed by atoms with van der Waals surface area (Å²) in [4.78, 5) is 11.4. The number of ether oxygens (including phenoxy) is 3. The fourth-order valence-corrected chi connectivity index (χ4v) is 2.74. The summed E-state index contributed by atoms with van der Waals surface area (Å²) in [5, 5.41) is 0.138. The first-order valence-corrected chi connectivity index (χ1v) is 9.52. The number of alkyl halides is 3. The first-order chi connectivity index (χ1) is 13.6. The molecule has 0 aliphatic rings. The molecule has 0 aliphatic carbocycles. The van der Waals surface area contributed by atoms with Gasteiger partial charge in [0.15, 0.2) is 0 Å². The summed E-state index contributed by atoms with van der Waals surface area (Å²) in [6.07, 6.45) is -4.21. The van der Waals surface area contributed by atoms with Crippen molar-refractivity contribution in [3.8, 4) is 17.2 Å². The lowest BCUT2D eigenvalue weighted by Crippen LogP contribution is -2.15. The fraction of sp³-hybridized carbons (Fsp3) is 0.350. The summed E-state index contributed by atoms with van der Waals surface area (Å²) in [5.41, 5.74) is -0.870. The van der Waals surface area contributed by atoms with Crippen LogP contribution in [0.2, 0.25) is 10.0 Å². The smallest absolute Gasteiger partial charge is 0.416 e. The molecule has 0 radical (unpaired) electrons. The van der Waals surface area contributed by atoms with Gasteiger partial charge in [-0.05, 0) is 50.6 Å². The molecule has 9 heteroatoms. The van der Waals surface area contributed by atoms with Crippen LogP contribution in [0.5, 0.6) is 17.2 Å². The molecule has 2 rings (SSSR count). The van der Waals surface area contributed by atoms with Crippen LogP contribution in [0.1, 0.15) is 32.3 Å². The van der Waals surface area contributed by atoms with E-state index in [4.69, 9.17) is 37.4 Å². The summed E-state index contributed by atoms with van der Waals surface area (Å²) >= 11 is 12.0. The van der Waals surface area contributed by atoms with Crippen LogP contribution in [0.3, 0.4) is 0 Å². The second-order valence-corrected chi connectivity index (χ2v) is 6.92. The number of carbonyl (C=O) groups is 1. The van der Waals surface area contributed by atoms with Crippen molar-refractivity contribution in [3.63, 3.8) is 0 Å². The van der Waals surface area contributed by atoms with E-state index in [2.05, 4.69) is 0 Å². The molecule has 158 valence electrons. The van der Waals surface area contributed by atoms with Gasteiger partial charge in [0.05, 0.1) is 28.3 Å². The van der Waals surface area contributed by atoms with Gasteiger partial charge in [0.1, 0.15) is 17.2 Å². The van der Waals surface area contributed by atoms with E-state index in [1.807, 2.05) is 0 Å². The van der Waals surface area contributed by atoms with Crippen LogP contribution in [-0.4, -0.2) is 18.7 Å². The second-order valence-electron chi connectivity index (χ2n) is 6.11. The predicted molar refractivity (Wildman–Crippen MR) is 104 cm³/mol. The average molecular weight is 451 g/mol. The highest BCUT2D eigenvalue weighted by Gasteiger charge is 2.31. The second kappa shape index (κ2) is 10.1. The summed E-state index contributed by atoms with van der Waals surface area (Å²) < 4.78 is 54.4. The fourth-order valence-electron chi connectivity index (χ4n) is 2.35. The van der Waals surface area contributed by atoms with Crippen LogP contribution >= 0.6 is 23.2 Å². The van der Waals surface area contributed by atoms with Crippen molar-refractivity contribution >= 4 is 29.2 Å². The zero-order chi connectivity index (χ0) is 21.6. The molecular formula is C20H19Cl2F3O4. The van der Waals surface area contributed by atoms with Crippen molar-refractivity contribution in [2.24, 2.45) is 0 Å². The van der Waals surface area contributed by atoms with Crippen molar-refractivity contribution < 1.29 is 32.2 Å². The van der Waals surface area contributed by atoms with Crippen LogP contribution in [0.25, 0.3) is 0 Å². The van der Waals surface area contributed by atoms with Gasteiger partial charge in [0.2, 0.25) is 0 Å². The Morgan fingerprint density at radius 3 is 2.41 bits per heavy atom. The summed E-state index contributed by atoms with van der Waals surface area (Å²) in [6.45, 7) is 3.81. The first-order valence-electron chi connectivity index (χ1n) is 8.76. The molecule has 0 saturated heterocycles. The Bertz CT molecular complexity index is 856. The van der Waals surface area contributed by atoms with Crippen LogP contribution in [0.4, 0.5) is 13.2 Å². The minimum absolute atomic E-state index is 0.0586. The van der Waals surface area contributed by atoms with E-state index >= 15 is 0 Å². The SMILES string of the molecule is CCOC(=O)CCC(C)Oc1cc(Oc2ccc(C(F)(F)F)cc2Cl)ccc1Cl. The van der Waals surface area contributed by atoms with E-state index in [0.717, 1.165) is 18.2 Å². The number of esters is 1. The van der Waals surface area contributed by atoms with Crippen molar-refractivity contribution in [3.05, 3.63) is 52.0 Å². The van der Waals surface area contributed by atoms with Crippen molar-refractivity contribution in [2.75, 3.05) is 6.61 Å². The van der Waals surface area contributed by atoms with Gasteiger partial charge in [0.25, 0.3) is 0 Å². The number of rotatable bonds is 8. The third-order valence-corrected chi connectivity index (χ3v) is 4.39. The highest BCUT2D eigenvalue weighted by molar-refractivity contribution is 6.32. The van der Waals surface area contributed by atoms with Gasteiger partial charge in [-0.2, -0.15) is 13.2 Å². The summed E-state index contributed by atoms with van der Waals surface area (Å²) in [5.74, 6) is 0.332. The zero-order valence-electron chi connectivity index (χ0n) is 15.7. The van der Waals surface area contributed by atoms with Crippen molar-refractivity contribution in [1.82, 2.24) is 0 Å². The highest BCUT2D eigenvalue weighted by Crippen LogP contribution is 2.38. The molecule has 0 aromatic heterocycles. The number of hydrogen-bond acceptors (Lipinski definition) is 4. The Hall–Kier alpha value is -2.12. The molecule has 4 nitrogen and oxygen atoms in total. The Morgan fingerprint density at radius 2 is 1.79 bits per heavy atom. The molecule has 1 unspecified atom stereocenters. The predicted octanol–water partition coefficient (Wildman–Crippen LogP) is 6.92. The minimum Gasteiger partial charge on any atom is -0.489 e. The first kappa shape index (κ1) is 23.2. The molecule has 29 heavy (non-hydrogen) atoms. The van der Waals surface area contributed by atoms with Gasteiger partial charge < -0.3 is 14.2 Å². The van der Waals surface area contributed by atoms with Crippen LogP contribution in [0.15, 0.2) is 36.4 Å². The topological polar surface area (TPSA) is 44.8 Å². The molecule has 0 fully saturated rings. The molecule has 0 N–H and O–H groups in total. The van der Waals surface area contributed by atoms with Gasteiger partial charge in [0, 0.05) is 12.5 Å². The molecule has 0 aliphatic heterocycles. The maximum atomic E-state index is 12.7. The highest BCUT2D eigenvalue weighted by atomic mass is 35.5. The summed E-state index contributed by atoms with van der Waals surface area (Å²) in [7, 11) is 0. The maximum absolute atomic E-state index is 12.7. The molecule has 0 heterocycles. The Balaban J connectivity index is 2.08. The third kappa shape index (κ3) is 7.01. The molecule has 0 amide bonds. The number of hydrogen-bond donors (Lipinski definition) is 0. The van der Waals surface area contributed by atoms with E-state index in [1.54, 1.807) is 13.8 Å². The number of benzene rings is 2. The van der Waals surface area contributed by atoms with Crippen molar-refractivity contribution in [1.29, 1.82) is 0 Å². The maximum Gasteiger partial charge on any atom is 0.416 e. The van der Waals surface area contributed by atoms with Crippen LogP contribution in [-0.2, 0) is 15.7 Å². The van der Waals surface area contributed by atoms with Crippen LogP contribution < -0.4 is 9.47 Å². The quantitative estimate of drug-likeness (QED) is 0.409. The third-order valence-electron chi connectivity index (χ3n) is 3.78. The molecule has 1 atom stereocenters. The molecule has 0 bridgehead atoms. The molecule has 0 saturated carbocycles. The Morgan fingerprint density at radius 1 is 1.07 bits per heavy atom. The van der Waals surface area contributed by atoms with Gasteiger partial charge in [-0.25, -0.2) is 0 Å². The van der Waals surface area contributed by atoms with E-state index in [9.17, 15) is 18.0 Å². The van der Waals surface area contributed by atoms with E-state index < -0.39 is 11.7 Å². The lowest BCUT2D eigenvalue weighted by atomic mass is 10.2. The van der Waals surface area contributed by atoms with Gasteiger partial charge in [-0.1, -0.05) is 23.2 Å². The molecular weight excluding hydrogens is 432 g/mol. The normalized spacial score (nSPS) is 12.4. The molecule has 2 aromatic rings. The van der Waals surface area contributed by atoms with E-state index in [1.165, 1.54) is 18.2 Å². The zero-order valence-corrected chi connectivity index (χ0v) is 17.2. The lowest BCUT2D eigenvalue weighted by molar-refractivity contribution is -0.143. The summed E-state index contributed by atoms with van der Waals surface area (Å²) in [6, 6.07) is 7.38. The van der Waals surface area contributed by atoms with Gasteiger partial charge >= 0.3 is 12.1 Å². The monoisotopic (exact) mass is 450 g/mol. The standard InChI is InChI=1S/C20H19Cl2F3O4/c1-3-27-19(26)9-4-12(2)28-18-11-14(6-7-15(18)21)29-17-8-5-13(10-16(17)22)20(23,24)25/h5-8,10-12H,3-4,9H2,1-2H3. The van der Waals surface area contributed by atoms with Crippen molar-refractivity contribution in [2.45, 2.75) is 39.0 Å².